The normalized spacial score (nSPS) is 16.6. The monoisotopic (exact) mass is 300 g/mol. The summed E-state index contributed by atoms with van der Waals surface area (Å²) < 4.78 is 0. The molecule has 0 saturated heterocycles. The molecule has 1 aliphatic carbocycles. The van der Waals surface area contributed by atoms with Crippen molar-refractivity contribution in [3.63, 3.8) is 0 Å². The minimum atomic E-state index is -1.18. The molecule has 1 aromatic carbocycles. The molecule has 1 aliphatic rings. The Labute approximate surface area is 129 Å². The highest BCUT2D eigenvalue weighted by molar-refractivity contribution is 5.85. The molecule has 0 bridgehead atoms. The number of aliphatic hydroxyl groups is 1. The third-order valence-electron chi connectivity index (χ3n) is 4.09. The molecule has 0 radical (unpaired) electrons. The van der Waals surface area contributed by atoms with Crippen molar-refractivity contribution in [2.24, 2.45) is 0 Å². The van der Waals surface area contributed by atoms with E-state index in [1.165, 1.54) is 0 Å². The van der Waals surface area contributed by atoms with Crippen molar-refractivity contribution in [1.29, 1.82) is 0 Å². The highest BCUT2D eigenvalue weighted by atomic mass is 16.3. The van der Waals surface area contributed by atoms with Crippen LogP contribution in [-0.4, -0.2) is 31.8 Å². The van der Waals surface area contributed by atoms with E-state index in [0.29, 0.717) is 25.2 Å². The second-order valence-corrected chi connectivity index (χ2v) is 5.87. The molecule has 6 heteroatoms. The predicted octanol–water partition coefficient (Wildman–Crippen LogP) is 1.70. The Bertz CT molecular complexity index is 674. The van der Waals surface area contributed by atoms with Gasteiger partial charge < -0.3 is 10.4 Å². The van der Waals surface area contributed by atoms with Crippen LogP contribution in [0.5, 0.6) is 0 Å². The zero-order chi connectivity index (χ0) is 15.6. The first-order valence-corrected chi connectivity index (χ1v) is 7.56. The van der Waals surface area contributed by atoms with Crippen molar-refractivity contribution in [1.82, 2.24) is 20.5 Å². The number of H-pyrrole nitrogens is 1. The van der Waals surface area contributed by atoms with Crippen LogP contribution in [0.25, 0.3) is 11.4 Å². The average Bonchev–Trinajstić information content (AvgIpc) is 3.15. The van der Waals surface area contributed by atoms with Crippen molar-refractivity contribution >= 4 is 5.91 Å². The van der Waals surface area contributed by atoms with Crippen molar-refractivity contribution in [3.05, 3.63) is 35.7 Å². The Hall–Kier alpha value is -2.21. The van der Waals surface area contributed by atoms with Gasteiger partial charge in [-0.1, -0.05) is 18.2 Å². The quantitative estimate of drug-likeness (QED) is 0.801. The Morgan fingerprint density at radius 3 is 2.86 bits per heavy atom. The SMILES string of the molecule is Cc1nc(-c2cccc(CNC(=O)C3(O)CCCC3)c2)n[nH]1. The molecule has 22 heavy (non-hydrogen) atoms. The fourth-order valence-electron chi connectivity index (χ4n) is 2.83. The Kier molecular flexibility index (Phi) is 3.94. The maximum Gasteiger partial charge on any atom is 0.252 e. The second-order valence-electron chi connectivity index (χ2n) is 5.87. The third-order valence-corrected chi connectivity index (χ3v) is 4.09. The topological polar surface area (TPSA) is 90.9 Å². The molecule has 3 rings (SSSR count). The maximum absolute atomic E-state index is 12.1. The van der Waals surface area contributed by atoms with E-state index in [9.17, 15) is 9.90 Å². The molecule has 1 saturated carbocycles. The van der Waals surface area contributed by atoms with E-state index in [0.717, 1.165) is 29.8 Å². The summed E-state index contributed by atoms with van der Waals surface area (Å²) in [5, 5.41) is 20.0. The predicted molar refractivity (Wildman–Crippen MR) is 81.8 cm³/mol. The molecular formula is C16H20N4O2. The van der Waals surface area contributed by atoms with Gasteiger partial charge in [0.25, 0.3) is 5.91 Å². The van der Waals surface area contributed by atoms with Gasteiger partial charge in [-0.05, 0) is 44.2 Å². The molecule has 116 valence electrons. The summed E-state index contributed by atoms with van der Waals surface area (Å²) in [7, 11) is 0. The number of hydrogen-bond acceptors (Lipinski definition) is 4. The molecule has 1 fully saturated rings. The van der Waals surface area contributed by atoms with Gasteiger partial charge in [0.1, 0.15) is 11.4 Å². The van der Waals surface area contributed by atoms with E-state index in [1.54, 1.807) is 0 Å². The summed E-state index contributed by atoms with van der Waals surface area (Å²) in [6.07, 6.45) is 2.91. The first-order valence-electron chi connectivity index (χ1n) is 7.56. The number of hydrogen-bond donors (Lipinski definition) is 3. The molecule has 1 heterocycles. The minimum absolute atomic E-state index is 0.274. The minimum Gasteiger partial charge on any atom is -0.380 e. The number of aromatic nitrogens is 3. The summed E-state index contributed by atoms with van der Waals surface area (Å²) in [6.45, 7) is 2.24. The van der Waals surface area contributed by atoms with Crippen molar-refractivity contribution in [2.45, 2.75) is 44.8 Å². The molecular weight excluding hydrogens is 280 g/mol. The van der Waals surface area contributed by atoms with Gasteiger partial charge in [0.15, 0.2) is 5.82 Å². The van der Waals surface area contributed by atoms with Gasteiger partial charge in [0.05, 0.1) is 0 Å². The Morgan fingerprint density at radius 2 is 2.18 bits per heavy atom. The van der Waals surface area contributed by atoms with E-state index in [1.807, 2.05) is 31.2 Å². The van der Waals surface area contributed by atoms with E-state index in [-0.39, 0.29) is 5.91 Å². The van der Waals surface area contributed by atoms with E-state index >= 15 is 0 Å². The number of aromatic amines is 1. The molecule has 0 unspecified atom stereocenters. The standard InChI is InChI=1S/C16H20N4O2/c1-11-18-14(20-19-11)13-6-4-5-12(9-13)10-17-15(21)16(22)7-2-3-8-16/h4-6,9,22H,2-3,7-8,10H2,1H3,(H,17,21)(H,18,19,20). The lowest BCUT2D eigenvalue weighted by atomic mass is 10.0. The van der Waals surface area contributed by atoms with E-state index in [2.05, 4.69) is 20.5 Å². The van der Waals surface area contributed by atoms with E-state index < -0.39 is 5.60 Å². The van der Waals surface area contributed by atoms with Crippen molar-refractivity contribution in [3.8, 4) is 11.4 Å². The van der Waals surface area contributed by atoms with Crippen LogP contribution in [0.15, 0.2) is 24.3 Å². The fourth-order valence-corrected chi connectivity index (χ4v) is 2.83. The van der Waals surface area contributed by atoms with Gasteiger partial charge in [0, 0.05) is 12.1 Å². The molecule has 1 aromatic heterocycles. The highest BCUT2D eigenvalue weighted by Gasteiger charge is 2.38. The third kappa shape index (κ3) is 3.01. The van der Waals surface area contributed by atoms with Crippen LogP contribution in [-0.2, 0) is 11.3 Å². The van der Waals surface area contributed by atoms with Gasteiger partial charge >= 0.3 is 0 Å². The van der Waals surface area contributed by atoms with Crippen LogP contribution in [0.2, 0.25) is 0 Å². The van der Waals surface area contributed by atoms with Crippen LogP contribution in [0.3, 0.4) is 0 Å². The van der Waals surface area contributed by atoms with Gasteiger partial charge in [-0.25, -0.2) is 4.98 Å². The summed E-state index contributed by atoms with van der Waals surface area (Å²) >= 11 is 0. The number of carbonyl (C=O) groups is 1. The molecule has 0 atom stereocenters. The smallest absolute Gasteiger partial charge is 0.252 e. The Morgan fingerprint density at radius 1 is 1.41 bits per heavy atom. The fraction of sp³-hybridized carbons (Fsp3) is 0.438. The van der Waals surface area contributed by atoms with Gasteiger partial charge in [-0.15, -0.1) is 0 Å². The summed E-state index contributed by atoms with van der Waals surface area (Å²) in [6, 6.07) is 7.72. The number of nitrogens with zero attached hydrogens (tertiary/aromatic N) is 2. The highest BCUT2D eigenvalue weighted by Crippen LogP contribution is 2.29. The van der Waals surface area contributed by atoms with Gasteiger partial charge in [-0.3, -0.25) is 9.89 Å². The molecule has 2 aromatic rings. The van der Waals surface area contributed by atoms with Crippen molar-refractivity contribution < 1.29 is 9.90 Å². The lowest BCUT2D eigenvalue weighted by Gasteiger charge is -2.20. The van der Waals surface area contributed by atoms with Crippen molar-refractivity contribution in [2.75, 3.05) is 0 Å². The molecule has 6 nitrogen and oxygen atoms in total. The summed E-state index contributed by atoms with van der Waals surface area (Å²) in [5.41, 5.74) is 0.670. The van der Waals surface area contributed by atoms with Crippen LogP contribution in [0, 0.1) is 6.92 Å². The first-order chi connectivity index (χ1) is 10.6. The van der Waals surface area contributed by atoms with Gasteiger partial charge in [0.2, 0.25) is 0 Å². The van der Waals surface area contributed by atoms with Crippen LogP contribution in [0.4, 0.5) is 0 Å². The zero-order valence-corrected chi connectivity index (χ0v) is 12.6. The molecule has 0 aliphatic heterocycles. The zero-order valence-electron chi connectivity index (χ0n) is 12.6. The van der Waals surface area contributed by atoms with Crippen LogP contribution in [0.1, 0.15) is 37.1 Å². The number of nitrogens with one attached hydrogen (secondary N) is 2. The average molecular weight is 300 g/mol. The number of aryl methyl sites for hydroxylation is 1. The number of benzene rings is 1. The lowest BCUT2D eigenvalue weighted by molar-refractivity contribution is -0.139. The summed E-state index contributed by atoms with van der Waals surface area (Å²) in [4.78, 5) is 16.4. The number of rotatable bonds is 4. The number of amides is 1. The largest absolute Gasteiger partial charge is 0.380 e. The summed E-state index contributed by atoms with van der Waals surface area (Å²) in [5.74, 6) is 1.13. The maximum atomic E-state index is 12.1. The Balaban J connectivity index is 1.67. The van der Waals surface area contributed by atoms with Crippen LogP contribution < -0.4 is 5.32 Å². The van der Waals surface area contributed by atoms with E-state index in [4.69, 9.17) is 0 Å². The lowest BCUT2D eigenvalue weighted by Crippen LogP contribution is -2.44. The first kappa shape index (κ1) is 14.7. The van der Waals surface area contributed by atoms with Gasteiger partial charge in [-0.2, -0.15) is 5.10 Å². The number of carbonyl (C=O) groups excluding carboxylic acids is 1. The second kappa shape index (κ2) is 5.88. The molecule has 0 spiro atoms. The van der Waals surface area contributed by atoms with Crippen LogP contribution >= 0.6 is 0 Å². The molecule has 3 N–H and O–H groups in total. The molecule has 1 amide bonds.